The summed E-state index contributed by atoms with van der Waals surface area (Å²) in [7, 11) is -0.939. The van der Waals surface area contributed by atoms with Crippen molar-refractivity contribution in [1.82, 2.24) is 0 Å². The van der Waals surface area contributed by atoms with Gasteiger partial charge in [-0.3, -0.25) is 0 Å². The standard InChI is InChI=1S/C7H14O4Si/c1-4-10-6(8)7(9)11-5-12(2)3/h12H,4-5H2,1-3H3. The molecule has 0 fully saturated rings. The molecule has 0 aliphatic heterocycles. The molecular weight excluding hydrogens is 176 g/mol. The highest BCUT2D eigenvalue weighted by Crippen LogP contribution is 1.87. The summed E-state index contributed by atoms with van der Waals surface area (Å²) < 4.78 is 9.10. The fourth-order valence-corrected chi connectivity index (χ4v) is 0.976. The van der Waals surface area contributed by atoms with E-state index in [2.05, 4.69) is 9.47 Å². The van der Waals surface area contributed by atoms with Gasteiger partial charge in [0.25, 0.3) is 0 Å². The Bertz CT molecular complexity index is 167. The number of hydrogen-bond donors (Lipinski definition) is 0. The Balaban J connectivity index is 3.65. The third kappa shape index (κ3) is 4.89. The van der Waals surface area contributed by atoms with Crippen LogP contribution in [0.15, 0.2) is 0 Å². The average molecular weight is 190 g/mol. The van der Waals surface area contributed by atoms with Crippen LogP contribution in [-0.4, -0.2) is 33.6 Å². The number of carbonyl (C=O) groups excluding carboxylic acids is 2. The van der Waals surface area contributed by atoms with Crippen LogP contribution in [0.3, 0.4) is 0 Å². The van der Waals surface area contributed by atoms with Gasteiger partial charge >= 0.3 is 11.9 Å². The molecule has 12 heavy (non-hydrogen) atoms. The number of hydrogen-bond acceptors (Lipinski definition) is 4. The van der Waals surface area contributed by atoms with Crippen molar-refractivity contribution in [3.63, 3.8) is 0 Å². The lowest BCUT2D eigenvalue weighted by molar-refractivity contribution is -0.166. The van der Waals surface area contributed by atoms with Crippen molar-refractivity contribution in [2.24, 2.45) is 0 Å². The van der Waals surface area contributed by atoms with Crippen molar-refractivity contribution in [3.05, 3.63) is 0 Å². The predicted octanol–water partition coefficient (Wildman–Crippen LogP) is 0.119. The lowest BCUT2D eigenvalue weighted by Gasteiger charge is -2.04. The van der Waals surface area contributed by atoms with E-state index in [1.165, 1.54) is 0 Å². The Kier molecular flexibility index (Phi) is 5.36. The van der Waals surface area contributed by atoms with Gasteiger partial charge in [0, 0.05) is 0 Å². The van der Waals surface area contributed by atoms with E-state index in [9.17, 15) is 9.59 Å². The topological polar surface area (TPSA) is 52.6 Å². The molecule has 0 heterocycles. The minimum atomic E-state index is -0.939. The van der Waals surface area contributed by atoms with Gasteiger partial charge < -0.3 is 9.47 Å². The second kappa shape index (κ2) is 5.76. The van der Waals surface area contributed by atoms with Gasteiger partial charge in [0.05, 0.1) is 21.6 Å². The van der Waals surface area contributed by atoms with Gasteiger partial charge in [0.2, 0.25) is 0 Å². The van der Waals surface area contributed by atoms with Crippen LogP contribution in [0.1, 0.15) is 6.92 Å². The van der Waals surface area contributed by atoms with Gasteiger partial charge in [-0.1, -0.05) is 13.1 Å². The smallest absolute Gasteiger partial charge is 0.417 e. The maximum absolute atomic E-state index is 10.8. The van der Waals surface area contributed by atoms with Gasteiger partial charge in [-0.2, -0.15) is 0 Å². The van der Waals surface area contributed by atoms with Crippen molar-refractivity contribution in [2.45, 2.75) is 20.0 Å². The molecule has 0 aromatic heterocycles. The van der Waals surface area contributed by atoms with Crippen LogP contribution < -0.4 is 0 Å². The lowest BCUT2D eigenvalue weighted by Crippen LogP contribution is -2.24. The molecule has 0 aromatic carbocycles. The Hall–Kier alpha value is -0.843. The molecule has 0 aliphatic carbocycles. The first-order valence-corrected chi connectivity index (χ1v) is 7.04. The monoisotopic (exact) mass is 190 g/mol. The zero-order valence-electron chi connectivity index (χ0n) is 7.62. The maximum atomic E-state index is 10.8. The van der Waals surface area contributed by atoms with E-state index in [4.69, 9.17) is 0 Å². The zero-order chi connectivity index (χ0) is 9.56. The Labute approximate surface area is 73.5 Å². The Morgan fingerprint density at radius 1 is 1.17 bits per heavy atom. The van der Waals surface area contributed by atoms with E-state index in [0.29, 0.717) is 6.23 Å². The molecule has 4 nitrogen and oxygen atoms in total. The fourth-order valence-electron chi connectivity index (χ4n) is 0.491. The van der Waals surface area contributed by atoms with E-state index >= 15 is 0 Å². The highest BCUT2D eigenvalue weighted by atomic mass is 28.3. The number of rotatable bonds is 3. The molecule has 0 atom stereocenters. The van der Waals surface area contributed by atoms with E-state index in [1.807, 2.05) is 13.1 Å². The van der Waals surface area contributed by atoms with E-state index in [-0.39, 0.29) is 6.61 Å². The summed E-state index contributed by atoms with van der Waals surface area (Å²) in [6.45, 7) is 5.90. The molecule has 0 saturated heterocycles. The number of carbonyl (C=O) groups is 2. The molecule has 0 N–H and O–H groups in total. The summed E-state index contributed by atoms with van der Waals surface area (Å²) >= 11 is 0. The van der Waals surface area contributed by atoms with Crippen molar-refractivity contribution >= 4 is 20.7 Å². The molecule has 0 aromatic rings. The van der Waals surface area contributed by atoms with Crippen LogP contribution in [-0.2, 0) is 19.1 Å². The lowest BCUT2D eigenvalue weighted by atomic mass is 10.7. The molecule has 70 valence electrons. The SMILES string of the molecule is CCOC(=O)C(=O)OC[SiH](C)C. The molecule has 0 spiro atoms. The molecule has 0 amide bonds. The number of esters is 2. The molecule has 0 unspecified atom stereocenters. The molecule has 5 heteroatoms. The normalized spacial score (nSPS) is 9.67. The maximum Gasteiger partial charge on any atom is 0.417 e. The molecule has 0 radical (unpaired) electrons. The van der Waals surface area contributed by atoms with Gasteiger partial charge in [-0.25, -0.2) is 9.59 Å². The second-order valence-electron chi connectivity index (χ2n) is 2.71. The summed E-state index contributed by atoms with van der Waals surface area (Å²) in [5, 5.41) is 0. The van der Waals surface area contributed by atoms with E-state index in [0.717, 1.165) is 0 Å². The molecule has 0 rings (SSSR count). The summed E-state index contributed by atoms with van der Waals surface area (Å²) in [5.74, 6) is -1.77. The fraction of sp³-hybridized carbons (Fsp3) is 0.714. The molecule has 0 saturated carbocycles. The third-order valence-electron chi connectivity index (χ3n) is 0.990. The van der Waals surface area contributed by atoms with Gasteiger partial charge in [0.1, 0.15) is 0 Å². The third-order valence-corrected chi connectivity index (χ3v) is 1.82. The summed E-state index contributed by atoms with van der Waals surface area (Å²) in [6, 6.07) is 0. The Morgan fingerprint density at radius 3 is 2.08 bits per heavy atom. The van der Waals surface area contributed by atoms with Crippen LogP contribution in [0.5, 0.6) is 0 Å². The first-order chi connectivity index (χ1) is 5.57. The first kappa shape index (κ1) is 11.2. The van der Waals surface area contributed by atoms with E-state index in [1.54, 1.807) is 6.92 Å². The van der Waals surface area contributed by atoms with Crippen LogP contribution >= 0.6 is 0 Å². The zero-order valence-corrected chi connectivity index (χ0v) is 8.78. The van der Waals surface area contributed by atoms with Gasteiger partial charge in [-0.05, 0) is 6.92 Å². The summed E-state index contributed by atoms with van der Waals surface area (Å²) in [6.07, 6.45) is 0.387. The van der Waals surface area contributed by atoms with Crippen LogP contribution in [0.2, 0.25) is 13.1 Å². The molecular formula is C7H14O4Si. The Morgan fingerprint density at radius 2 is 1.67 bits per heavy atom. The average Bonchev–Trinajstić information content (AvgIpc) is 2.00. The van der Waals surface area contributed by atoms with Crippen molar-refractivity contribution in [3.8, 4) is 0 Å². The molecule has 0 bridgehead atoms. The van der Waals surface area contributed by atoms with E-state index < -0.39 is 20.7 Å². The van der Waals surface area contributed by atoms with Crippen LogP contribution in [0, 0.1) is 0 Å². The van der Waals surface area contributed by atoms with Crippen molar-refractivity contribution < 1.29 is 19.1 Å². The summed E-state index contributed by atoms with van der Waals surface area (Å²) in [4.78, 5) is 21.4. The first-order valence-electron chi connectivity index (χ1n) is 3.91. The van der Waals surface area contributed by atoms with Crippen LogP contribution in [0.25, 0.3) is 0 Å². The second-order valence-corrected chi connectivity index (χ2v) is 5.83. The largest absolute Gasteiger partial charge is 0.461 e. The number of ether oxygens (including phenoxy) is 2. The van der Waals surface area contributed by atoms with Gasteiger partial charge in [-0.15, -0.1) is 0 Å². The minimum Gasteiger partial charge on any atom is -0.461 e. The highest BCUT2D eigenvalue weighted by Gasteiger charge is 2.16. The highest BCUT2D eigenvalue weighted by molar-refractivity contribution is 6.55. The molecule has 0 aliphatic rings. The van der Waals surface area contributed by atoms with Gasteiger partial charge in [0.15, 0.2) is 0 Å². The van der Waals surface area contributed by atoms with Crippen molar-refractivity contribution in [1.29, 1.82) is 0 Å². The minimum absolute atomic E-state index is 0.201. The van der Waals surface area contributed by atoms with Crippen LogP contribution in [0.4, 0.5) is 0 Å². The predicted molar refractivity (Wildman–Crippen MR) is 46.5 cm³/mol. The van der Waals surface area contributed by atoms with Crippen molar-refractivity contribution in [2.75, 3.05) is 12.8 Å². The quantitative estimate of drug-likeness (QED) is 0.360. The summed E-state index contributed by atoms with van der Waals surface area (Å²) in [5.41, 5.74) is 0.